The zero-order chi connectivity index (χ0) is 18.4. The number of aliphatic carboxylic acids is 1. The molecule has 3 saturated heterocycles. The number of carbonyl (C=O) groups is 1. The molecule has 146 valence electrons. The summed E-state index contributed by atoms with van der Waals surface area (Å²) in [4.78, 5) is 10.6. The van der Waals surface area contributed by atoms with Gasteiger partial charge in [-0.3, -0.25) is 4.79 Å². The first kappa shape index (κ1) is 20.0. The maximum absolute atomic E-state index is 10.6. The Balaban J connectivity index is 1.33. The van der Waals surface area contributed by atoms with Crippen LogP contribution in [0.15, 0.2) is 0 Å². The largest absolute Gasteiger partial charge is 0.481 e. The molecule has 3 heterocycles. The second kappa shape index (κ2) is 10.0. The molecule has 0 unspecified atom stereocenters. The van der Waals surface area contributed by atoms with Gasteiger partial charge in [0.05, 0.1) is 12.2 Å². The Morgan fingerprint density at radius 3 is 2.38 bits per heavy atom. The highest BCUT2D eigenvalue weighted by molar-refractivity contribution is 7.99. The molecule has 26 heavy (non-hydrogen) atoms. The molecule has 0 radical (unpaired) electrons. The zero-order valence-corrected chi connectivity index (χ0v) is 16.4. The molecule has 0 aromatic heterocycles. The van der Waals surface area contributed by atoms with E-state index < -0.39 is 5.97 Å². The first-order valence-electron chi connectivity index (χ1n) is 10.3. The van der Waals surface area contributed by atoms with E-state index in [9.17, 15) is 4.79 Å². The molecule has 5 heteroatoms. The Hall–Kier alpha value is -0.700. The fourth-order valence-electron chi connectivity index (χ4n) is 4.61. The highest BCUT2D eigenvalue weighted by Crippen LogP contribution is 2.55. The van der Waals surface area contributed by atoms with Crippen LogP contribution in [0.25, 0.3) is 0 Å². The molecule has 0 amide bonds. The SMILES string of the molecule is C#CCCCCCSC[C@@H]1[C@H](CCCCCCC(=O)O)[C@H]2O[C@@H]1[C@H]1O[C@H]12. The predicted molar refractivity (Wildman–Crippen MR) is 104 cm³/mol. The number of unbranched alkanes of at least 4 members (excludes halogenated alkanes) is 6. The number of hydrogen-bond acceptors (Lipinski definition) is 4. The Morgan fingerprint density at radius 1 is 0.923 bits per heavy atom. The van der Waals surface area contributed by atoms with Gasteiger partial charge in [-0.2, -0.15) is 11.8 Å². The van der Waals surface area contributed by atoms with Crippen molar-refractivity contribution in [1.29, 1.82) is 0 Å². The molecular formula is C21H32O4S. The van der Waals surface area contributed by atoms with Crippen LogP contribution in [-0.4, -0.2) is 47.0 Å². The van der Waals surface area contributed by atoms with E-state index in [1.54, 1.807) is 0 Å². The van der Waals surface area contributed by atoms with Crippen molar-refractivity contribution in [3.63, 3.8) is 0 Å². The highest BCUT2D eigenvalue weighted by atomic mass is 32.2. The Bertz CT molecular complexity index is 503. The molecule has 1 N–H and O–H groups in total. The van der Waals surface area contributed by atoms with Crippen LogP contribution in [0.1, 0.15) is 64.2 Å². The minimum Gasteiger partial charge on any atom is -0.481 e. The smallest absolute Gasteiger partial charge is 0.303 e. The molecule has 0 aromatic rings. The molecule has 0 aromatic carbocycles. The van der Waals surface area contributed by atoms with E-state index in [1.165, 1.54) is 37.2 Å². The van der Waals surface area contributed by atoms with Crippen LogP contribution in [0.3, 0.4) is 0 Å². The Morgan fingerprint density at radius 2 is 1.62 bits per heavy atom. The van der Waals surface area contributed by atoms with E-state index in [-0.39, 0.29) is 0 Å². The number of terminal acetylenes is 1. The summed E-state index contributed by atoms with van der Waals surface area (Å²) in [6.45, 7) is 0. The monoisotopic (exact) mass is 380 g/mol. The van der Waals surface area contributed by atoms with E-state index in [1.807, 2.05) is 0 Å². The van der Waals surface area contributed by atoms with Crippen LogP contribution in [0.4, 0.5) is 0 Å². The fourth-order valence-corrected chi connectivity index (χ4v) is 5.90. The van der Waals surface area contributed by atoms with Crippen molar-refractivity contribution in [3.05, 3.63) is 0 Å². The summed E-state index contributed by atoms with van der Waals surface area (Å²) in [6, 6.07) is 0. The molecule has 3 aliphatic rings. The number of carboxylic acids is 1. The average molecular weight is 381 g/mol. The third-order valence-electron chi connectivity index (χ3n) is 6.02. The van der Waals surface area contributed by atoms with Crippen molar-refractivity contribution in [2.45, 2.75) is 88.6 Å². The summed E-state index contributed by atoms with van der Waals surface area (Å²) in [5.41, 5.74) is 0. The number of carboxylic acid groups (broad SMARTS) is 1. The summed E-state index contributed by atoms with van der Waals surface area (Å²) in [6.07, 6.45) is 16.9. The molecule has 3 aliphatic heterocycles. The van der Waals surface area contributed by atoms with Crippen molar-refractivity contribution in [1.82, 2.24) is 0 Å². The van der Waals surface area contributed by atoms with Gasteiger partial charge in [-0.1, -0.05) is 25.7 Å². The van der Waals surface area contributed by atoms with Gasteiger partial charge < -0.3 is 14.6 Å². The first-order chi connectivity index (χ1) is 12.7. The van der Waals surface area contributed by atoms with Gasteiger partial charge >= 0.3 is 5.97 Å². The number of hydrogen-bond donors (Lipinski definition) is 1. The molecule has 4 nitrogen and oxygen atoms in total. The van der Waals surface area contributed by atoms with Crippen LogP contribution >= 0.6 is 11.8 Å². The number of epoxide rings is 1. The van der Waals surface area contributed by atoms with Gasteiger partial charge in [-0.05, 0) is 43.1 Å². The molecule has 2 bridgehead atoms. The van der Waals surface area contributed by atoms with E-state index in [4.69, 9.17) is 21.0 Å². The van der Waals surface area contributed by atoms with Gasteiger partial charge in [0.25, 0.3) is 0 Å². The van der Waals surface area contributed by atoms with Crippen LogP contribution in [0.5, 0.6) is 0 Å². The van der Waals surface area contributed by atoms with Crippen molar-refractivity contribution in [2.24, 2.45) is 11.8 Å². The lowest BCUT2D eigenvalue weighted by Gasteiger charge is -2.25. The van der Waals surface area contributed by atoms with Crippen molar-refractivity contribution in [2.75, 3.05) is 11.5 Å². The first-order valence-corrected chi connectivity index (χ1v) is 11.4. The minimum atomic E-state index is -0.681. The Labute approximate surface area is 161 Å². The fraction of sp³-hybridized carbons (Fsp3) is 0.857. The molecule has 0 spiro atoms. The predicted octanol–water partition coefficient (Wildman–Crippen LogP) is 4.12. The van der Waals surface area contributed by atoms with E-state index in [0.29, 0.717) is 42.7 Å². The lowest BCUT2D eigenvalue weighted by Crippen LogP contribution is -2.34. The normalized spacial score (nSPS) is 33.8. The molecule has 0 aliphatic carbocycles. The third kappa shape index (κ3) is 5.18. The molecule has 0 saturated carbocycles. The van der Waals surface area contributed by atoms with Crippen LogP contribution in [0.2, 0.25) is 0 Å². The van der Waals surface area contributed by atoms with E-state index in [0.717, 1.165) is 32.1 Å². The van der Waals surface area contributed by atoms with Crippen LogP contribution < -0.4 is 0 Å². The topological polar surface area (TPSA) is 59.1 Å². The van der Waals surface area contributed by atoms with E-state index in [2.05, 4.69) is 17.7 Å². The molecular weight excluding hydrogens is 348 g/mol. The van der Waals surface area contributed by atoms with Crippen molar-refractivity contribution in [3.8, 4) is 12.3 Å². The van der Waals surface area contributed by atoms with E-state index >= 15 is 0 Å². The maximum atomic E-state index is 10.6. The second-order valence-electron chi connectivity index (χ2n) is 7.89. The number of rotatable bonds is 14. The second-order valence-corrected chi connectivity index (χ2v) is 9.04. The summed E-state index contributed by atoms with van der Waals surface area (Å²) in [5.74, 6) is 5.71. The lowest BCUT2D eigenvalue weighted by atomic mass is 9.77. The maximum Gasteiger partial charge on any atom is 0.303 e. The van der Waals surface area contributed by atoms with Crippen LogP contribution in [0, 0.1) is 24.2 Å². The van der Waals surface area contributed by atoms with Gasteiger partial charge in [0, 0.05) is 18.8 Å². The number of ether oxygens (including phenoxy) is 2. The standard InChI is InChI=1S/C21H32O4S/c1-2-3-4-7-10-13-26-14-16-15(11-8-5-6-9-12-17(22)23)18-20-21(25-20)19(16)24-18/h1,15-16,18-21H,3-14H2,(H,22,23)/t15-,16+,18+,19-,20-,21+/m0/s1. The zero-order valence-electron chi connectivity index (χ0n) is 15.6. The molecule has 3 rings (SSSR count). The summed E-state index contributed by atoms with van der Waals surface area (Å²) >= 11 is 2.07. The van der Waals surface area contributed by atoms with Gasteiger partial charge in [0.2, 0.25) is 0 Å². The van der Waals surface area contributed by atoms with Gasteiger partial charge in [0.1, 0.15) is 12.2 Å². The Kier molecular flexibility index (Phi) is 7.72. The highest BCUT2D eigenvalue weighted by Gasteiger charge is 2.68. The average Bonchev–Trinajstić information content (AvgIpc) is 3.25. The summed E-state index contributed by atoms with van der Waals surface area (Å²) in [5, 5.41) is 8.70. The van der Waals surface area contributed by atoms with Crippen molar-refractivity contribution >= 4 is 17.7 Å². The van der Waals surface area contributed by atoms with Crippen LogP contribution in [-0.2, 0) is 14.3 Å². The minimum absolute atomic E-state index is 0.301. The molecule has 6 atom stereocenters. The summed E-state index contributed by atoms with van der Waals surface area (Å²) in [7, 11) is 0. The van der Waals surface area contributed by atoms with Gasteiger partial charge in [-0.25, -0.2) is 0 Å². The lowest BCUT2D eigenvalue weighted by molar-refractivity contribution is -0.137. The van der Waals surface area contributed by atoms with Crippen molar-refractivity contribution < 1.29 is 19.4 Å². The van der Waals surface area contributed by atoms with Gasteiger partial charge in [0.15, 0.2) is 0 Å². The number of thioether (sulfide) groups is 1. The summed E-state index contributed by atoms with van der Waals surface area (Å²) < 4.78 is 12.1. The quantitative estimate of drug-likeness (QED) is 0.279. The third-order valence-corrected chi connectivity index (χ3v) is 7.21. The number of fused-ring (bicyclic) bond motifs is 5. The molecule has 3 fully saturated rings. The van der Waals surface area contributed by atoms with Gasteiger partial charge in [-0.15, -0.1) is 12.3 Å².